The number of para-hydroxylation sites is 1. The zero-order valence-corrected chi connectivity index (χ0v) is 16.6. The molecule has 1 fully saturated rings. The highest BCUT2D eigenvalue weighted by Gasteiger charge is 2.21. The second kappa shape index (κ2) is 8.86. The van der Waals surface area contributed by atoms with E-state index in [0.717, 1.165) is 45.1 Å². The summed E-state index contributed by atoms with van der Waals surface area (Å²) in [4.78, 5) is 11.1. The highest BCUT2D eigenvalue weighted by molar-refractivity contribution is 5.50. The van der Waals surface area contributed by atoms with Crippen LogP contribution in [-0.2, 0) is 6.54 Å². The number of benzene rings is 2. The summed E-state index contributed by atoms with van der Waals surface area (Å²) in [5.74, 6) is 1.27. The lowest BCUT2D eigenvalue weighted by atomic mass is 10.2. The average Bonchev–Trinajstić information content (AvgIpc) is 2.79. The predicted molar refractivity (Wildman–Crippen MR) is 114 cm³/mol. The quantitative estimate of drug-likeness (QED) is 0.641. The molecule has 7 heteroatoms. The van der Waals surface area contributed by atoms with E-state index < -0.39 is 0 Å². The van der Waals surface area contributed by atoms with E-state index in [0.29, 0.717) is 11.6 Å². The summed E-state index contributed by atoms with van der Waals surface area (Å²) in [6.45, 7) is 6.62. The maximum Gasteiger partial charge on any atom is 0.247 e. The predicted octanol–water partition coefficient (Wildman–Crippen LogP) is 3.36. The van der Waals surface area contributed by atoms with Gasteiger partial charge in [-0.2, -0.15) is 10.1 Å². The van der Waals surface area contributed by atoms with Gasteiger partial charge in [0.2, 0.25) is 5.95 Å². The van der Waals surface area contributed by atoms with Crippen molar-refractivity contribution in [3.63, 3.8) is 0 Å². The minimum Gasteiger partial charge on any atom is -0.366 e. The number of anilines is 3. The Labute approximate surface area is 170 Å². The van der Waals surface area contributed by atoms with E-state index in [4.69, 9.17) is 4.98 Å². The number of nitrogens with zero attached hydrogens (tertiary/aromatic N) is 6. The van der Waals surface area contributed by atoms with E-state index >= 15 is 0 Å². The van der Waals surface area contributed by atoms with Gasteiger partial charge in [0.15, 0.2) is 5.82 Å². The van der Waals surface area contributed by atoms with E-state index in [-0.39, 0.29) is 5.82 Å². The molecule has 29 heavy (non-hydrogen) atoms. The van der Waals surface area contributed by atoms with Crippen molar-refractivity contribution in [2.45, 2.75) is 13.5 Å². The largest absolute Gasteiger partial charge is 0.366 e. The van der Waals surface area contributed by atoms with Crippen molar-refractivity contribution < 1.29 is 4.39 Å². The first-order chi connectivity index (χ1) is 14.2. The molecule has 0 spiro atoms. The zero-order valence-electron chi connectivity index (χ0n) is 16.6. The average molecular weight is 392 g/mol. The Morgan fingerprint density at radius 3 is 2.34 bits per heavy atom. The van der Waals surface area contributed by atoms with E-state index in [1.165, 1.54) is 11.6 Å². The van der Waals surface area contributed by atoms with E-state index in [1.54, 1.807) is 12.3 Å². The van der Waals surface area contributed by atoms with Crippen LogP contribution in [0, 0.1) is 5.82 Å². The van der Waals surface area contributed by atoms with Gasteiger partial charge in [-0.3, -0.25) is 0 Å². The van der Waals surface area contributed by atoms with Crippen LogP contribution in [0.1, 0.15) is 12.5 Å². The molecule has 3 aromatic rings. The number of hydrogen-bond acceptors (Lipinski definition) is 6. The molecule has 0 saturated carbocycles. The molecule has 1 aliphatic heterocycles. The summed E-state index contributed by atoms with van der Waals surface area (Å²) >= 11 is 0. The van der Waals surface area contributed by atoms with Crippen molar-refractivity contribution in [3.8, 4) is 0 Å². The third kappa shape index (κ3) is 4.45. The summed E-state index contributed by atoms with van der Waals surface area (Å²) in [6, 6.07) is 17.2. The van der Waals surface area contributed by atoms with Crippen molar-refractivity contribution in [3.05, 3.63) is 72.2 Å². The van der Waals surface area contributed by atoms with Gasteiger partial charge in [-0.15, -0.1) is 5.10 Å². The lowest BCUT2D eigenvalue weighted by molar-refractivity contribution is 0.595. The van der Waals surface area contributed by atoms with E-state index in [2.05, 4.69) is 44.0 Å². The molecule has 0 unspecified atom stereocenters. The van der Waals surface area contributed by atoms with Gasteiger partial charge < -0.3 is 14.7 Å². The SMILES string of the molecule is CCN(Cc1ccccc1)c1nncc(N2CCN(c3ccccc3F)CC2)n1. The Kier molecular flexibility index (Phi) is 5.84. The Hall–Kier alpha value is -3.22. The van der Waals surface area contributed by atoms with Crippen LogP contribution in [0.3, 0.4) is 0 Å². The van der Waals surface area contributed by atoms with E-state index in [9.17, 15) is 4.39 Å². The fourth-order valence-electron chi connectivity index (χ4n) is 3.58. The van der Waals surface area contributed by atoms with Crippen molar-refractivity contribution in [1.29, 1.82) is 0 Å². The van der Waals surface area contributed by atoms with Gasteiger partial charge in [-0.05, 0) is 24.6 Å². The second-order valence-corrected chi connectivity index (χ2v) is 7.04. The topological polar surface area (TPSA) is 48.4 Å². The normalized spacial score (nSPS) is 14.1. The third-order valence-corrected chi connectivity index (χ3v) is 5.21. The molecular formula is C22H25FN6. The van der Waals surface area contributed by atoms with Crippen molar-refractivity contribution >= 4 is 17.5 Å². The molecule has 1 aliphatic rings. The van der Waals surface area contributed by atoms with E-state index in [1.807, 2.05) is 30.3 Å². The summed E-state index contributed by atoms with van der Waals surface area (Å²) in [5, 5.41) is 8.45. The highest BCUT2D eigenvalue weighted by Crippen LogP contribution is 2.22. The molecular weight excluding hydrogens is 367 g/mol. The first kappa shape index (κ1) is 19.1. The Morgan fingerprint density at radius 2 is 1.62 bits per heavy atom. The number of halogens is 1. The molecule has 2 heterocycles. The summed E-state index contributed by atoms with van der Waals surface area (Å²) < 4.78 is 14.1. The van der Waals surface area contributed by atoms with Gasteiger partial charge in [0.1, 0.15) is 5.82 Å². The van der Waals surface area contributed by atoms with Gasteiger partial charge in [-0.1, -0.05) is 42.5 Å². The van der Waals surface area contributed by atoms with Crippen molar-refractivity contribution in [1.82, 2.24) is 15.2 Å². The molecule has 1 aromatic heterocycles. The molecule has 0 N–H and O–H groups in total. The molecule has 6 nitrogen and oxygen atoms in total. The summed E-state index contributed by atoms with van der Waals surface area (Å²) in [7, 11) is 0. The first-order valence-corrected chi connectivity index (χ1v) is 9.97. The molecule has 0 aliphatic carbocycles. The number of aromatic nitrogens is 3. The van der Waals surface area contributed by atoms with Crippen LogP contribution in [0.25, 0.3) is 0 Å². The molecule has 4 rings (SSSR count). The smallest absolute Gasteiger partial charge is 0.247 e. The van der Waals surface area contributed by atoms with Gasteiger partial charge in [0.25, 0.3) is 0 Å². The summed E-state index contributed by atoms with van der Waals surface area (Å²) in [6.07, 6.45) is 1.71. The van der Waals surface area contributed by atoms with Gasteiger partial charge in [0.05, 0.1) is 11.9 Å². The fourth-order valence-corrected chi connectivity index (χ4v) is 3.58. The van der Waals surface area contributed by atoms with Gasteiger partial charge in [-0.25, -0.2) is 4.39 Å². The van der Waals surface area contributed by atoms with Crippen LogP contribution < -0.4 is 14.7 Å². The Morgan fingerprint density at radius 1 is 0.931 bits per heavy atom. The minimum absolute atomic E-state index is 0.175. The van der Waals surface area contributed by atoms with Crippen LogP contribution >= 0.6 is 0 Å². The molecule has 150 valence electrons. The van der Waals surface area contributed by atoms with Crippen LogP contribution in [0.15, 0.2) is 60.8 Å². The molecule has 0 atom stereocenters. The monoisotopic (exact) mass is 392 g/mol. The molecule has 1 saturated heterocycles. The van der Waals surface area contributed by atoms with Crippen LogP contribution in [0.2, 0.25) is 0 Å². The lowest BCUT2D eigenvalue weighted by Gasteiger charge is -2.36. The zero-order chi connectivity index (χ0) is 20.1. The Bertz CT molecular complexity index is 927. The van der Waals surface area contributed by atoms with Crippen molar-refractivity contribution in [2.24, 2.45) is 0 Å². The number of rotatable bonds is 6. The second-order valence-electron chi connectivity index (χ2n) is 7.04. The number of piperazine rings is 1. The van der Waals surface area contributed by atoms with Crippen LogP contribution in [-0.4, -0.2) is 47.9 Å². The van der Waals surface area contributed by atoms with Gasteiger partial charge >= 0.3 is 0 Å². The van der Waals surface area contributed by atoms with Gasteiger partial charge in [0, 0.05) is 39.3 Å². The Balaban J connectivity index is 1.44. The molecule has 2 aromatic carbocycles. The molecule has 0 radical (unpaired) electrons. The molecule has 0 bridgehead atoms. The van der Waals surface area contributed by atoms with Crippen LogP contribution in [0.4, 0.5) is 21.8 Å². The summed E-state index contributed by atoms with van der Waals surface area (Å²) in [5.41, 5.74) is 1.87. The standard InChI is InChI=1S/C22H25FN6/c1-2-27(17-18-8-4-3-5-9-18)22-25-21(16-24-26-22)29-14-12-28(13-15-29)20-11-7-6-10-19(20)23/h3-11,16H,2,12-15,17H2,1H3. The maximum atomic E-state index is 14.1. The van der Waals surface area contributed by atoms with Crippen LogP contribution in [0.5, 0.6) is 0 Å². The highest BCUT2D eigenvalue weighted by atomic mass is 19.1. The molecule has 0 amide bonds. The first-order valence-electron chi connectivity index (χ1n) is 9.97. The van der Waals surface area contributed by atoms with Crippen molar-refractivity contribution in [2.75, 3.05) is 47.4 Å². The fraction of sp³-hybridized carbons (Fsp3) is 0.318. The maximum absolute atomic E-state index is 14.1. The minimum atomic E-state index is -0.175. The third-order valence-electron chi connectivity index (χ3n) is 5.21. The number of hydrogen-bond donors (Lipinski definition) is 0. The lowest BCUT2D eigenvalue weighted by Crippen LogP contribution is -2.47.